The topological polar surface area (TPSA) is 101 Å². The van der Waals surface area contributed by atoms with Gasteiger partial charge in [0.2, 0.25) is 0 Å². The van der Waals surface area contributed by atoms with Gasteiger partial charge in [-0.05, 0) is 6.07 Å². The van der Waals surface area contributed by atoms with Gasteiger partial charge < -0.3 is 10.8 Å². The van der Waals surface area contributed by atoms with Crippen LogP contribution in [0.1, 0.15) is 37.0 Å². The zero-order valence-corrected chi connectivity index (χ0v) is 10.1. The fourth-order valence-corrected chi connectivity index (χ4v) is 1.16. The number of alkyl halides is 3. The molecule has 0 aromatic carbocycles. The van der Waals surface area contributed by atoms with Crippen molar-refractivity contribution in [3.8, 4) is 0 Å². The number of halogens is 3. The summed E-state index contributed by atoms with van der Waals surface area (Å²) in [6.07, 6.45) is -6.29. The van der Waals surface area contributed by atoms with Crippen LogP contribution < -0.4 is 5.73 Å². The molecule has 0 atom stereocenters. The lowest BCUT2D eigenvalue weighted by atomic mass is 10.2. The van der Waals surface area contributed by atoms with E-state index in [0.29, 0.717) is 6.07 Å². The Bertz CT molecular complexity index is 526. The molecule has 1 amide bonds. The molecule has 1 aromatic heterocycles. The summed E-state index contributed by atoms with van der Waals surface area (Å²) in [6, 6.07) is 0.563. The van der Waals surface area contributed by atoms with Crippen LogP contribution in [-0.4, -0.2) is 27.0 Å². The lowest BCUT2D eigenvalue weighted by molar-refractivity contribution is -0.141. The van der Waals surface area contributed by atoms with E-state index < -0.39 is 23.8 Å². The number of nitrogens with zero attached hydrogens (tertiary/aromatic N) is 3. The second kappa shape index (κ2) is 5.21. The highest BCUT2D eigenvalue weighted by atomic mass is 19.4. The third-order valence-corrected chi connectivity index (χ3v) is 2.03. The average Bonchev–Trinajstić information content (AvgIpc) is 2.26. The molecule has 6 nitrogen and oxygen atoms in total. The lowest BCUT2D eigenvalue weighted by Gasteiger charge is -2.11. The third kappa shape index (κ3) is 3.90. The van der Waals surface area contributed by atoms with E-state index in [-0.39, 0.29) is 17.4 Å². The van der Waals surface area contributed by atoms with E-state index in [4.69, 9.17) is 10.8 Å². The van der Waals surface area contributed by atoms with Gasteiger partial charge in [-0.2, -0.15) is 18.2 Å². The zero-order valence-electron chi connectivity index (χ0n) is 10.1. The summed E-state index contributed by atoms with van der Waals surface area (Å²) < 4.78 is 37.9. The predicted molar refractivity (Wildman–Crippen MR) is 59.9 cm³/mol. The summed E-state index contributed by atoms with van der Waals surface area (Å²) in [6.45, 7) is 3.20. The van der Waals surface area contributed by atoms with E-state index >= 15 is 0 Å². The SMILES string of the molecule is CC(C)c1nc(C(N)=NC(=O)O)cc(C(F)(F)F)n1. The first-order chi connectivity index (χ1) is 8.61. The van der Waals surface area contributed by atoms with Crippen molar-refractivity contribution < 1.29 is 23.1 Å². The van der Waals surface area contributed by atoms with Gasteiger partial charge in [0.25, 0.3) is 0 Å². The van der Waals surface area contributed by atoms with Crippen LogP contribution in [0, 0.1) is 0 Å². The van der Waals surface area contributed by atoms with Crippen LogP contribution in [0.5, 0.6) is 0 Å². The molecule has 1 rings (SSSR count). The molecule has 19 heavy (non-hydrogen) atoms. The Labute approximate surface area is 106 Å². The molecule has 0 aliphatic heterocycles. The minimum atomic E-state index is -4.68. The average molecular weight is 276 g/mol. The highest BCUT2D eigenvalue weighted by Gasteiger charge is 2.34. The molecular formula is C10H11F3N4O2. The number of aromatic nitrogens is 2. The van der Waals surface area contributed by atoms with Crippen molar-refractivity contribution in [1.29, 1.82) is 0 Å². The number of rotatable bonds is 2. The van der Waals surface area contributed by atoms with E-state index in [9.17, 15) is 18.0 Å². The molecule has 1 heterocycles. The van der Waals surface area contributed by atoms with Gasteiger partial charge in [-0.25, -0.2) is 14.8 Å². The summed E-state index contributed by atoms with van der Waals surface area (Å²) in [7, 11) is 0. The van der Waals surface area contributed by atoms with Gasteiger partial charge in [0.15, 0.2) is 5.84 Å². The van der Waals surface area contributed by atoms with Crippen molar-refractivity contribution in [2.45, 2.75) is 25.9 Å². The standard InChI is InChI=1S/C10H11F3N4O2/c1-4(2)8-15-5(7(14)17-9(18)19)3-6(16-8)10(11,12)13/h3-4H,1-2H3,(H2,14,17)(H,18,19). The molecule has 0 aliphatic rings. The molecule has 0 fully saturated rings. The maximum Gasteiger partial charge on any atom is 0.433 e. The summed E-state index contributed by atoms with van der Waals surface area (Å²) in [4.78, 5) is 20.4. The first-order valence-corrected chi connectivity index (χ1v) is 5.15. The molecule has 1 aromatic rings. The van der Waals surface area contributed by atoms with Gasteiger partial charge in [0.1, 0.15) is 17.2 Å². The second-order valence-electron chi connectivity index (χ2n) is 3.93. The number of hydrogen-bond acceptors (Lipinski definition) is 3. The summed E-state index contributed by atoms with van der Waals surface area (Å²) in [5.74, 6) is -1.07. The van der Waals surface area contributed by atoms with Crippen LogP contribution >= 0.6 is 0 Å². The van der Waals surface area contributed by atoms with E-state index in [1.807, 2.05) is 0 Å². The Kier molecular flexibility index (Phi) is 4.07. The van der Waals surface area contributed by atoms with Gasteiger partial charge in [0.05, 0.1) is 0 Å². The largest absolute Gasteiger partial charge is 0.463 e. The van der Waals surface area contributed by atoms with Crippen LogP contribution in [0.4, 0.5) is 18.0 Å². The number of carboxylic acid groups (broad SMARTS) is 1. The van der Waals surface area contributed by atoms with Crippen molar-refractivity contribution >= 4 is 11.9 Å². The smallest absolute Gasteiger partial charge is 0.433 e. The Morgan fingerprint density at radius 2 is 2.00 bits per heavy atom. The Balaban J connectivity index is 3.41. The molecule has 3 N–H and O–H groups in total. The fraction of sp³-hybridized carbons (Fsp3) is 0.400. The van der Waals surface area contributed by atoms with Crippen LogP contribution in [0.25, 0.3) is 0 Å². The monoisotopic (exact) mass is 276 g/mol. The Hall–Kier alpha value is -2.19. The minimum absolute atomic E-state index is 0.0895. The minimum Gasteiger partial charge on any atom is -0.463 e. The number of carbonyl (C=O) groups is 1. The number of aliphatic imine (C=N–C) groups is 1. The number of nitrogens with two attached hydrogens (primary N) is 1. The summed E-state index contributed by atoms with van der Waals surface area (Å²) in [5, 5.41) is 8.42. The lowest BCUT2D eigenvalue weighted by Crippen LogP contribution is -2.21. The molecule has 0 aliphatic carbocycles. The molecule has 0 saturated heterocycles. The van der Waals surface area contributed by atoms with Gasteiger partial charge in [-0.3, -0.25) is 0 Å². The molecule has 0 radical (unpaired) electrons. The van der Waals surface area contributed by atoms with Gasteiger partial charge in [0, 0.05) is 5.92 Å². The van der Waals surface area contributed by atoms with Gasteiger partial charge in [-0.15, -0.1) is 0 Å². The van der Waals surface area contributed by atoms with Crippen LogP contribution in [0.3, 0.4) is 0 Å². The summed E-state index contributed by atoms with van der Waals surface area (Å²) in [5.41, 5.74) is 3.73. The molecule has 0 saturated carbocycles. The van der Waals surface area contributed by atoms with Crippen LogP contribution in [0.2, 0.25) is 0 Å². The number of hydrogen-bond donors (Lipinski definition) is 2. The molecule has 104 valence electrons. The fourth-order valence-electron chi connectivity index (χ4n) is 1.16. The van der Waals surface area contributed by atoms with Crippen molar-refractivity contribution in [3.63, 3.8) is 0 Å². The van der Waals surface area contributed by atoms with Crippen molar-refractivity contribution in [2.24, 2.45) is 10.7 Å². The molecule has 0 bridgehead atoms. The quantitative estimate of drug-likeness (QED) is 0.635. The summed E-state index contributed by atoms with van der Waals surface area (Å²) >= 11 is 0. The van der Waals surface area contributed by atoms with Crippen molar-refractivity contribution in [3.05, 3.63) is 23.3 Å². The van der Waals surface area contributed by atoms with Crippen LogP contribution in [0.15, 0.2) is 11.1 Å². The number of amides is 1. The first kappa shape index (κ1) is 14.9. The van der Waals surface area contributed by atoms with E-state index in [1.54, 1.807) is 13.8 Å². The zero-order chi connectivity index (χ0) is 14.8. The normalized spacial score (nSPS) is 12.8. The maximum atomic E-state index is 12.6. The van der Waals surface area contributed by atoms with Crippen LogP contribution in [-0.2, 0) is 6.18 Å². The van der Waals surface area contributed by atoms with Crippen molar-refractivity contribution in [1.82, 2.24) is 9.97 Å². The third-order valence-electron chi connectivity index (χ3n) is 2.03. The van der Waals surface area contributed by atoms with Gasteiger partial charge >= 0.3 is 12.3 Å². The molecular weight excluding hydrogens is 265 g/mol. The van der Waals surface area contributed by atoms with Crippen molar-refractivity contribution in [2.75, 3.05) is 0 Å². The van der Waals surface area contributed by atoms with E-state index in [2.05, 4.69) is 15.0 Å². The predicted octanol–water partition coefficient (Wildman–Crippen LogP) is 2.00. The van der Waals surface area contributed by atoms with Gasteiger partial charge in [-0.1, -0.05) is 13.8 Å². The highest BCUT2D eigenvalue weighted by Crippen LogP contribution is 2.28. The number of amidine groups is 1. The molecule has 0 unspecified atom stereocenters. The molecule has 9 heteroatoms. The first-order valence-electron chi connectivity index (χ1n) is 5.15. The Morgan fingerprint density at radius 3 is 2.42 bits per heavy atom. The van der Waals surface area contributed by atoms with E-state index in [1.165, 1.54) is 0 Å². The second-order valence-corrected chi connectivity index (χ2v) is 3.93. The Morgan fingerprint density at radius 1 is 1.42 bits per heavy atom. The maximum absolute atomic E-state index is 12.6. The highest BCUT2D eigenvalue weighted by molar-refractivity contribution is 6.01. The molecule has 0 spiro atoms. The van der Waals surface area contributed by atoms with E-state index in [0.717, 1.165) is 0 Å².